The third kappa shape index (κ3) is 3.89. The van der Waals surface area contributed by atoms with Gasteiger partial charge in [-0.25, -0.2) is 9.18 Å². The molecule has 164 valence electrons. The number of pyridine rings is 1. The fourth-order valence-corrected chi connectivity index (χ4v) is 3.86. The van der Waals surface area contributed by atoms with Gasteiger partial charge in [0.25, 0.3) is 0 Å². The summed E-state index contributed by atoms with van der Waals surface area (Å²) in [6.07, 6.45) is -3.23. The molecule has 5 nitrogen and oxygen atoms in total. The van der Waals surface area contributed by atoms with E-state index in [2.05, 4.69) is 10.1 Å². The first-order chi connectivity index (χ1) is 15.1. The van der Waals surface area contributed by atoms with Gasteiger partial charge in [0.05, 0.1) is 28.2 Å². The molecule has 0 aliphatic heterocycles. The molecule has 0 radical (unpaired) electrons. The van der Waals surface area contributed by atoms with Crippen LogP contribution in [-0.2, 0) is 12.7 Å². The van der Waals surface area contributed by atoms with E-state index < -0.39 is 28.5 Å². The van der Waals surface area contributed by atoms with E-state index in [9.17, 15) is 22.4 Å². The number of nitrogens with zero attached hydrogens (tertiary/aromatic N) is 3. The lowest BCUT2D eigenvalue weighted by atomic mass is 10.1. The molecule has 0 bridgehead atoms. The number of hydrogen-bond donors (Lipinski definition) is 1. The normalized spacial score (nSPS) is 11.8. The number of carboxylic acids is 1. The molecule has 0 spiro atoms. The number of alkyl halides is 3. The minimum absolute atomic E-state index is 0.00841. The first-order valence-corrected chi connectivity index (χ1v) is 9.72. The van der Waals surface area contributed by atoms with E-state index in [0.717, 1.165) is 18.2 Å². The Labute approximate surface area is 187 Å². The maximum absolute atomic E-state index is 14.7. The van der Waals surface area contributed by atoms with Gasteiger partial charge in [-0.15, -0.1) is 0 Å². The van der Waals surface area contributed by atoms with Crippen molar-refractivity contribution >= 4 is 40.2 Å². The zero-order valence-electron chi connectivity index (χ0n) is 15.8. The first-order valence-electron chi connectivity index (χ1n) is 8.96. The molecule has 1 N–H and O–H groups in total. The highest BCUT2D eigenvalue weighted by atomic mass is 35.5. The fourth-order valence-electron chi connectivity index (χ4n) is 3.26. The van der Waals surface area contributed by atoms with Crippen LogP contribution in [0, 0.1) is 5.82 Å². The zero-order valence-corrected chi connectivity index (χ0v) is 17.3. The number of aromatic carboxylic acids is 1. The molecule has 4 rings (SSSR count). The number of halogens is 6. The van der Waals surface area contributed by atoms with Crippen LogP contribution < -0.4 is 0 Å². The van der Waals surface area contributed by atoms with Crippen LogP contribution in [0.25, 0.3) is 22.3 Å². The second-order valence-electron chi connectivity index (χ2n) is 6.76. The van der Waals surface area contributed by atoms with E-state index in [1.807, 2.05) is 0 Å². The van der Waals surface area contributed by atoms with Gasteiger partial charge in [-0.1, -0.05) is 23.2 Å². The summed E-state index contributed by atoms with van der Waals surface area (Å²) in [5.41, 5.74) is -0.547. The number of benzene rings is 2. The van der Waals surface area contributed by atoms with Crippen molar-refractivity contribution in [2.45, 2.75) is 12.7 Å². The number of fused-ring (bicyclic) bond motifs is 1. The van der Waals surface area contributed by atoms with Crippen LogP contribution in [0.4, 0.5) is 17.6 Å². The summed E-state index contributed by atoms with van der Waals surface area (Å²) >= 11 is 12.1. The summed E-state index contributed by atoms with van der Waals surface area (Å²) in [6.45, 7) is -0.237. The van der Waals surface area contributed by atoms with E-state index in [4.69, 9.17) is 28.3 Å². The van der Waals surface area contributed by atoms with Gasteiger partial charge < -0.3 is 5.11 Å². The van der Waals surface area contributed by atoms with Gasteiger partial charge in [-0.2, -0.15) is 18.3 Å². The molecule has 2 aromatic heterocycles. The highest BCUT2D eigenvalue weighted by Crippen LogP contribution is 2.39. The van der Waals surface area contributed by atoms with Crippen LogP contribution in [0.3, 0.4) is 0 Å². The van der Waals surface area contributed by atoms with Gasteiger partial charge >= 0.3 is 12.1 Å². The summed E-state index contributed by atoms with van der Waals surface area (Å²) in [5, 5.41) is 12.8. The highest BCUT2D eigenvalue weighted by molar-refractivity contribution is 6.36. The molecule has 32 heavy (non-hydrogen) atoms. The quantitative estimate of drug-likeness (QED) is 0.345. The second kappa shape index (κ2) is 8.07. The summed E-state index contributed by atoms with van der Waals surface area (Å²) in [6, 6.07) is 8.41. The molecule has 0 saturated heterocycles. The van der Waals surface area contributed by atoms with Gasteiger partial charge in [-0.3, -0.25) is 9.67 Å². The Balaban J connectivity index is 1.87. The average molecular weight is 484 g/mol. The lowest BCUT2D eigenvalue weighted by molar-refractivity contribution is -0.137. The Kier molecular flexibility index (Phi) is 5.56. The first kappa shape index (κ1) is 22.0. The van der Waals surface area contributed by atoms with Gasteiger partial charge in [0.1, 0.15) is 17.0 Å². The third-order valence-electron chi connectivity index (χ3n) is 4.78. The average Bonchev–Trinajstić information content (AvgIpc) is 3.08. The smallest absolute Gasteiger partial charge is 0.417 e. The van der Waals surface area contributed by atoms with E-state index in [0.29, 0.717) is 5.52 Å². The lowest BCUT2D eigenvalue weighted by Crippen LogP contribution is -2.10. The molecule has 2 aromatic carbocycles. The Hall–Kier alpha value is -3.17. The molecule has 0 aliphatic carbocycles. The largest absolute Gasteiger partial charge is 0.478 e. The molecule has 4 aromatic rings. The third-order valence-corrected chi connectivity index (χ3v) is 5.57. The van der Waals surface area contributed by atoms with Crippen LogP contribution >= 0.6 is 23.2 Å². The number of carbonyl (C=O) groups is 1. The predicted molar refractivity (Wildman–Crippen MR) is 110 cm³/mol. The van der Waals surface area contributed by atoms with Crippen LogP contribution in [0.1, 0.15) is 21.5 Å². The van der Waals surface area contributed by atoms with E-state index in [1.54, 1.807) is 12.1 Å². The second-order valence-corrected chi connectivity index (χ2v) is 7.55. The van der Waals surface area contributed by atoms with Crippen LogP contribution in [0.15, 0.2) is 48.7 Å². The molecular formula is C21H11Cl2F4N3O2. The van der Waals surface area contributed by atoms with Crippen molar-refractivity contribution in [1.82, 2.24) is 14.8 Å². The van der Waals surface area contributed by atoms with E-state index in [-0.39, 0.29) is 39.5 Å². The number of rotatable bonds is 4. The Morgan fingerprint density at radius 1 is 1.12 bits per heavy atom. The summed E-state index contributed by atoms with van der Waals surface area (Å²) in [5.74, 6) is -2.13. The van der Waals surface area contributed by atoms with Crippen LogP contribution in [0.5, 0.6) is 0 Å². The van der Waals surface area contributed by atoms with Crippen LogP contribution in [0.2, 0.25) is 10.0 Å². The number of hydrogen-bond acceptors (Lipinski definition) is 3. The minimum Gasteiger partial charge on any atom is -0.478 e. The molecular weight excluding hydrogens is 473 g/mol. The van der Waals surface area contributed by atoms with E-state index in [1.165, 1.54) is 23.0 Å². The molecule has 11 heteroatoms. The monoisotopic (exact) mass is 483 g/mol. The van der Waals surface area contributed by atoms with Gasteiger partial charge in [0.2, 0.25) is 0 Å². The molecule has 2 heterocycles. The fraction of sp³-hybridized carbons (Fsp3) is 0.0952. The van der Waals surface area contributed by atoms with Gasteiger partial charge in [0.15, 0.2) is 0 Å². The van der Waals surface area contributed by atoms with E-state index >= 15 is 0 Å². The van der Waals surface area contributed by atoms with Crippen molar-refractivity contribution in [2.75, 3.05) is 0 Å². The standard InChI is InChI=1S/C21H11Cl2F4N3O2/c22-14-6-5-13(21(25,26)27)17(23)12(14)9-30-16-2-1-7-28-19(16)18(29-30)11-4-3-10(20(31)32)8-15(11)24/h1-8H,9H2,(H,31,32). The zero-order chi connectivity index (χ0) is 23.2. The van der Waals surface area contributed by atoms with Crippen molar-refractivity contribution in [2.24, 2.45) is 0 Å². The van der Waals surface area contributed by atoms with Gasteiger partial charge in [-0.05, 0) is 42.5 Å². The molecule has 0 unspecified atom stereocenters. The maximum atomic E-state index is 14.7. The Bertz CT molecular complexity index is 1370. The summed E-state index contributed by atoms with van der Waals surface area (Å²) in [7, 11) is 0. The molecule has 0 aliphatic rings. The van der Waals surface area contributed by atoms with Crippen molar-refractivity contribution in [3.05, 3.63) is 81.2 Å². The molecule has 0 saturated carbocycles. The molecule has 0 atom stereocenters. The molecule has 0 amide bonds. The predicted octanol–water partition coefficient (Wildman–Crippen LogP) is 6.31. The van der Waals surface area contributed by atoms with Crippen molar-refractivity contribution in [3.8, 4) is 11.3 Å². The number of aromatic nitrogens is 3. The Morgan fingerprint density at radius 2 is 1.88 bits per heavy atom. The number of carboxylic acid groups (broad SMARTS) is 1. The lowest BCUT2D eigenvalue weighted by Gasteiger charge is -2.14. The SMILES string of the molecule is O=C(O)c1ccc(-c2nn(Cc3c(Cl)ccc(C(F)(F)F)c3Cl)c3cccnc23)c(F)c1. The summed E-state index contributed by atoms with van der Waals surface area (Å²) in [4.78, 5) is 15.3. The highest BCUT2D eigenvalue weighted by Gasteiger charge is 2.34. The maximum Gasteiger partial charge on any atom is 0.417 e. The summed E-state index contributed by atoms with van der Waals surface area (Å²) < 4.78 is 55.8. The van der Waals surface area contributed by atoms with Crippen molar-refractivity contribution in [1.29, 1.82) is 0 Å². The van der Waals surface area contributed by atoms with Gasteiger partial charge in [0, 0.05) is 22.3 Å². The topological polar surface area (TPSA) is 68.0 Å². The van der Waals surface area contributed by atoms with Crippen LogP contribution in [-0.4, -0.2) is 25.8 Å². The van der Waals surface area contributed by atoms with Crippen molar-refractivity contribution < 1.29 is 27.5 Å². The minimum atomic E-state index is -4.68. The molecule has 0 fully saturated rings. The van der Waals surface area contributed by atoms with Crippen molar-refractivity contribution in [3.63, 3.8) is 0 Å². The Morgan fingerprint density at radius 3 is 2.53 bits per heavy atom.